The number of thiol groups is 1. The van der Waals surface area contributed by atoms with Crippen LogP contribution in [-0.2, 0) is 126 Å². The Hall–Kier alpha value is -10.1. The van der Waals surface area contributed by atoms with Crippen LogP contribution in [0.3, 0.4) is 0 Å². The molecule has 4 aliphatic rings. The van der Waals surface area contributed by atoms with Crippen molar-refractivity contribution >= 4 is 114 Å². The number of rotatable bonds is 43. The largest absolute Gasteiger partial charge is 0.474 e. The zero-order valence-corrected chi connectivity index (χ0v) is 74.6. The molecule has 0 spiro atoms. The number of carbonyl (C=O) groups is 8. The van der Waals surface area contributed by atoms with E-state index in [0.29, 0.717) is 106 Å². The first kappa shape index (κ1) is 98.5. The zero-order chi connectivity index (χ0) is 91.1. The third-order valence-electron chi connectivity index (χ3n) is 20.5. The summed E-state index contributed by atoms with van der Waals surface area (Å²) < 4.78 is 94.6. The maximum atomic E-state index is 14.2. The Balaban J connectivity index is 0.632. The Kier molecular flexibility index (Phi) is 37.8. The first-order valence-electron chi connectivity index (χ1n) is 41.5. The topological polar surface area (TPSA) is 491 Å². The molecule has 128 heavy (non-hydrogen) atoms. The number of anilines is 3. The van der Waals surface area contributed by atoms with Crippen molar-refractivity contribution in [2.24, 2.45) is 11.8 Å². The Labute approximate surface area is 748 Å². The van der Waals surface area contributed by atoms with Crippen molar-refractivity contribution in [3.8, 4) is 17.7 Å². The minimum absolute atomic E-state index is 0.0286. The lowest BCUT2D eigenvalue weighted by atomic mass is 10.0. The van der Waals surface area contributed by atoms with Crippen LogP contribution in [-0.4, -0.2) is 260 Å². The third-order valence-corrected chi connectivity index (χ3v) is 23.8. The maximum absolute atomic E-state index is 14.2. The molecule has 44 heteroatoms. The van der Waals surface area contributed by atoms with E-state index in [1.165, 1.54) is 42.0 Å². The molecule has 9 N–H and O–H groups in total. The number of benzene rings is 4. The number of hydrogen-bond acceptors (Lipinski definition) is 30. The summed E-state index contributed by atoms with van der Waals surface area (Å²) >= 11 is 9.69. The monoisotopic (exact) mass is 1850 g/mol. The Morgan fingerprint density at radius 2 is 1.40 bits per heavy atom. The molecule has 8 amide bonds. The third kappa shape index (κ3) is 29.7. The fourth-order valence-electron chi connectivity index (χ4n) is 14.0. The van der Waals surface area contributed by atoms with Crippen LogP contribution in [0.25, 0.3) is 11.2 Å². The first-order chi connectivity index (χ1) is 61.7. The van der Waals surface area contributed by atoms with Crippen LogP contribution in [0.15, 0.2) is 127 Å². The first-order valence-corrected chi connectivity index (χ1v) is 46.8. The predicted octanol–water partition coefficient (Wildman–Crippen LogP) is 5.56. The summed E-state index contributed by atoms with van der Waals surface area (Å²) in [5, 5.41) is 27.7. The highest BCUT2D eigenvalue weighted by Crippen LogP contribution is 2.58. The van der Waals surface area contributed by atoms with Gasteiger partial charge in [-0.15, -0.1) is 0 Å². The normalized spacial score (nSPS) is 20.9. The number of methoxy groups -OCH3 is 1. The van der Waals surface area contributed by atoms with E-state index in [1.807, 2.05) is 30.3 Å². The van der Waals surface area contributed by atoms with Crippen molar-refractivity contribution in [3.63, 3.8) is 0 Å². The van der Waals surface area contributed by atoms with Gasteiger partial charge in [0.15, 0.2) is 17.4 Å². The Bertz CT molecular complexity index is 5150. The van der Waals surface area contributed by atoms with E-state index in [1.54, 1.807) is 92.6 Å². The van der Waals surface area contributed by atoms with Gasteiger partial charge in [0.25, 0.3) is 11.5 Å². The van der Waals surface area contributed by atoms with Crippen molar-refractivity contribution in [1.29, 1.82) is 0 Å². The highest BCUT2D eigenvalue weighted by atomic mass is 32.7. The fraction of sp³-hybridized carbons (Fsp3) is 0.488. The number of ether oxygens (including phenoxy) is 10. The zero-order valence-electron chi connectivity index (χ0n) is 71.1. The lowest BCUT2D eigenvalue weighted by Gasteiger charge is -2.27. The second-order valence-corrected chi connectivity index (χ2v) is 36.0. The number of hydrogen-bond donors (Lipinski definition) is 10. The number of amides is 8. The molecule has 6 heterocycles. The number of aliphatic hydroxyl groups is 1. The van der Waals surface area contributed by atoms with E-state index in [4.69, 9.17) is 77.3 Å². The lowest BCUT2D eigenvalue weighted by molar-refractivity contribution is -0.134. The van der Waals surface area contributed by atoms with Gasteiger partial charge in [0.05, 0.1) is 130 Å². The summed E-state index contributed by atoms with van der Waals surface area (Å²) in [6, 6.07) is 24.9. The van der Waals surface area contributed by atoms with Gasteiger partial charge in [0, 0.05) is 81.2 Å². The van der Waals surface area contributed by atoms with Crippen LogP contribution in [0.2, 0.25) is 0 Å². The molecular formula is C84H106N14O26P2S2. The lowest BCUT2D eigenvalue weighted by Crippen LogP contribution is -2.55. The number of carbonyl (C=O) groups excluding carboxylic acids is 8. The molecule has 3 aromatic heterocycles. The summed E-state index contributed by atoms with van der Waals surface area (Å²) in [4.78, 5) is 158. The number of H-pyrrole nitrogens is 1. The molecule has 4 aromatic carbocycles. The maximum Gasteiger partial charge on any atom is 0.410 e. The molecule has 2 saturated heterocycles. The summed E-state index contributed by atoms with van der Waals surface area (Å²) in [6.45, 7) is 0.0177. The van der Waals surface area contributed by atoms with Gasteiger partial charge < -0.3 is 107 Å². The summed E-state index contributed by atoms with van der Waals surface area (Å²) in [5.41, 5.74) is 2.73. The number of para-hydroxylation sites is 1. The van der Waals surface area contributed by atoms with E-state index >= 15 is 0 Å². The summed E-state index contributed by atoms with van der Waals surface area (Å²) in [6.07, 6.45) is -4.29. The molecular weight excluding hydrogens is 1750 g/mol. The molecule has 40 nitrogen and oxygen atoms in total. The number of aliphatic hydroxyl groups excluding tert-OH is 1. The van der Waals surface area contributed by atoms with Crippen LogP contribution in [0.4, 0.5) is 22.1 Å². The molecule has 690 valence electrons. The van der Waals surface area contributed by atoms with Crippen molar-refractivity contribution in [1.82, 2.24) is 55.7 Å². The number of imidazole rings is 1. The van der Waals surface area contributed by atoms with E-state index in [2.05, 4.69) is 80.9 Å². The number of fused-ring (bicyclic) bond motifs is 6. The van der Waals surface area contributed by atoms with Gasteiger partial charge in [0.1, 0.15) is 55.5 Å². The number of aromatic nitrogens is 6. The van der Waals surface area contributed by atoms with Crippen molar-refractivity contribution < 1.29 is 118 Å². The van der Waals surface area contributed by atoms with Crippen LogP contribution >= 0.6 is 25.8 Å². The molecule has 1 aliphatic carbocycles. The molecule has 2 unspecified atom stereocenters. The van der Waals surface area contributed by atoms with Crippen LogP contribution in [0, 0.1) is 23.7 Å². The molecule has 1 saturated carbocycles. The van der Waals surface area contributed by atoms with Gasteiger partial charge >= 0.3 is 19.6 Å². The molecule has 12 atom stereocenters. The number of nitrogens with one attached hydrogen (secondary N) is 7. The summed E-state index contributed by atoms with van der Waals surface area (Å²) in [7, 11) is 3.05. The highest BCUT2D eigenvalue weighted by Gasteiger charge is 2.51. The van der Waals surface area contributed by atoms with Gasteiger partial charge in [-0.3, -0.25) is 57.7 Å². The Morgan fingerprint density at radius 3 is 2.09 bits per heavy atom. The molecule has 2 bridgehead atoms. The second kappa shape index (κ2) is 49.1. The van der Waals surface area contributed by atoms with Gasteiger partial charge in [-0.25, -0.2) is 24.3 Å². The molecule has 7 aromatic rings. The highest BCUT2D eigenvalue weighted by molar-refractivity contribution is 8.44. The van der Waals surface area contributed by atoms with Gasteiger partial charge in [-0.2, -0.15) is 4.98 Å². The van der Waals surface area contributed by atoms with E-state index < -0.39 is 134 Å². The minimum Gasteiger partial charge on any atom is -0.474 e. The number of aromatic amines is 1. The van der Waals surface area contributed by atoms with Crippen LogP contribution in [0.1, 0.15) is 104 Å². The van der Waals surface area contributed by atoms with Crippen LogP contribution in [0.5, 0.6) is 5.88 Å². The van der Waals surface area contributed by atoms with Crippen molar-refractivity contribution in [2.75, 3.05) is 135 Å². The predicted molar refractivity (Wildman–Crippen MR) is 468 cm³/mol. The van der Waals surface area contributed by atoms with Crippen LogP contribution < -0.4 is 47.1 Å². The van der Waals surface area contributed by atoms with Gasteiger partial charge in [-0.05, 0) is 96.5 Å². The SMILES string of the molecule is COCCOCCOCCOCCOCCOCCOCCNC(=O)[C@H](CC(=O)N[C@H](C(=O)N[C@@H](C)C(=O)Nc1ccc(COC(=O)N(C)Cc2ccccc2C(=O)Nc2nc3c(ncn3[C@@H]3O[C@@H]4COP(O)(=S)O[C@H]5C[C@H](Oc6ccncn6)C[C@@H]5CCOP(=O)(S)O[C@@H]3[C@@H]4O)c(=O)[nH]2)cc1)C(C)C)NC(=O)CCC(=O)N1Cc2ccccc2C#Cc2ccccc21. The quantitative estimate of drug-likeness (QED) is 0.00968. The molecule has 3 fully saturated rings. The summed E-state index contributed by atoms with van der Waals surface area (Å²) in [5.74, 6) is 0.623. The second-order valence-electron chi connectivity index (χ2n) is 30.3. The van der Waals surface area contributed by atoms with Crippen molar-refractivity contribution in [2.45, 2.75) is 134 Å². The molecule has 11 rings (SSSR count). The molecule has 3 aliphatic heterocycles. The number of nitrogens with zero attached hydrogens (tertiary/aromatic N) is 7. The molecule has 0 radical (unpaired) electrons. The smallest absolute Gasteiger partial charge is 0.410 e. The van der Waals surface area contributed by atoms with E-state index in [9.17, 15) is 57.7 Å². The van der Waals surface area contributed by atoms with Crippen molar-refractivity contribution in [3.05, 3.63) is 166 Å². The fourth-order valence-corrected chi connectivity index (χ4v) is 17.0. The van der Waals surface area contributed by atoms with Gasteiger partial charge in [0.2, 0.25) is 47.3 Å². The van der Waals surface area contributed by atoms with E-state index in [-0.39, 0.29) is 113 Å². The van der Waals surface area contributed by atoms with E-state index in [0.717, 1.165) is 17.5 Å². The van der Waals surface area contributed by atoms with Gasteiger partial charge in [-0.1, -0.05) is 98.6 Å². The average molecular weight is 1850 g/mol. The average Bonchev–Trinajstić information content (AvgIpc) is 1.61. The standard InChI is InChI=1S/C84H106N14O26P2S2/c1-53(2)72(92-69(100)46-64(79(105)86-29-31-112-34-35-114-38-39-116-42-43-117-41-40-115-37-36-113-33-32-111-5)91-68(99)24-25-71(101)97-48-59-14-7-6-12-56(59)20-21-57-13-9-11-17-65(57)97)80(106)89-54(3)77(103)90-61-22-18-55(19-23-61)49-118-84(108)96(4)47-60-15-8-10-16-63(60)78(104)94-83-93-76-73(81(107)95-83)88-52-98(76)82-75-74(102)67(122-82)50-120-126(110,128)123-66-45-62(121-70-26-28-85-51-87-70)44-58(66)27-30-119-125(109,127)124-75/h6-19,22-23,26,28,51-54,58,62,64,66-67,72,74-75,82,102H,24-25,27,29-50H2,1-5H3,(H,86,105)(H,89,106)(H,90,103)(H,91,99)(H,92,100)(H,109,127)(H,110,128)(H2,93,94,95,104,107)/t54-,58-,62+,64-,66-,67+,72-,74+,75+,82+,125?,126?/m0/s1. The minimum atomic E-state index is -4.34. The Morgan fingerprint density at radius 1 is 0.734 bits per heavy atom.